The van der Waals surface area contributed by atoms with Crippen molar-refractivity contribution in [2.45, 2.75) is 13.8 Å². The third-order valence-electron chi connectivity index (χ3n) is 3.90. The predicted molar refractivity (Wildman–Crippen MR) is 115 cm³/mol. The molecule has 0 aromatic heterocycles. The Balaban J connectivity index is 1.90. The van der Waals surface area contributed by atoms with E-state index in [9.17, 15) is 9.59 Å². The zero-order valence-corrected chi connectivity index (χ0v) is 17.2. The number of amides is 2. The number of nitrogens with one attached hydrogen (secondary N) is 3. The van der Waals surface area contributed by atoms with E-state index >= 15 is 0 Å². The summed E-state index contributed by atoms with van der Waals surface area (Å²) in [5.74, 6) is 0.635. The van der Waals surface area contributed by atoms with Crippen LogP contribution in [0.1, 0.15) is 24.2 Å². The first-order valence-electron chi connectivity index (χ1n) is 9.62. The van der Waals surface area contributed by atoms with Crippen LogP contribution < -0.4 is 20.7 Å². The summed E-state index contributed by atoms with van der Waals surface area (Å²) in [6, 6.07) is 14.3. The lowest BCUT2D eigenvalue weighted by Gasteiger charge is -2.14. The second-order valence-corrected chi connectivity index (χ2v) is 6.93. The maximum Gasteiger partial charge on any atom is 0.251 e. The van der Waals surface area contributed by atoms with Crippen LogP contribution in [0.4, 0.5) is 11.4 Å². The van der Waals surface area contributed by atoms with E-state index in [0.29, 0.717) is 48.4 Å². The first kappa shape index (κ1) is 22.2. The van der Waals surface area contributed by atoms with Crippen molar-refractivity contribution in [1.82, 2.24) is 5.32 Å². The van der Waals surface area contributed by atoms with Crippen LogP contribution in [0.5, 0.6) is 5.75 Å². The first-order valence-corrected chi connectivity index (χ1v) is 9.62. The summed E-state index contributed by atoms with van der Waals surface area (Å²) in [4.78, 5) is 24.5. The molecule has 0 aliphatic rings. The number of ether oxygens (including phenoxy) is 2. The van der Waals surface area contributed by atoms with Crippen LogP contribution in [-0.4, -0.2) is 45.2 Å². The van der Waals surface area contributed by atoms with Crippen LogP contribution in [0, 0.1) is 5.92 Å². The molecule has 2 rings (SSSR count). The SMILES string of the molecule is COCCNC(=O)c1cccc(NCC(=O)Nc2ccccc2OCC(C)C)c1. The summed E-state index contributed by atoms with van der Waals surface area (Å²) in [5.41, 5.74) is 1.83. The van der Waals surface area contributed by atoms with E-state index in [1.807, 2.05) is 18.2 Å². The molecule has 3 N–H and O–H groups in total. The fourth-order valence-electron chi connectivity index (χ4n) is 2.47. The number of hydrogen-bond donors (Lipinski definition) is 3. The van der Waals surface area contributed by atoms with Crippen LogP contribution in [0.2, 0.25) is 0 Å². The molecule has 7 heteroatoms. The van der Waals surface area contributed by atoms with E-state index < -0.39 is 0 Å². The number of methoxy groups -OCH3 is 1. The average Bonchev–Trinajstić information content (AvgIpc) is 2.72. The molecule has 7 nitrogen and oxygen atoms in total. The van der Waals surface area contributed by atoms with Crippen molar-refractivity contribution in [2.24, 2.45) is 5.92 Å². The quantitative estimate of drug-likeness (QED) is 0.505. The number of carbonyl (C=O) groups is 2. The van der Waals surface area contributed by atoms with Crippen LogP contribution in [0.25, 0.3) is 0 Å². The van der Waals surface area contributed by atoms with Crippen LogP contribution in [0.15, 0.2) is 48.5 Å². The van der Waals surface area contributed by atoms with Gasteiger partial charge in [0.15, 0.2) is 0 Å². The normalized spacial score (nSPS) is 10.5. The lowest BCUT2D eigenvalue weighted by Crippen LogP contribution is -2.27. The standard InChI is InChI=1S/C22H29N3O4/c1-16(2)15-29-20-10-5-4-9-19(20)25-21(26)14-24-18-8-6-7-17(13-18)22(27)23-11-12-28-3/h4-10,13,16,24H,11-12,14-15H2,1-3H3,(H,23,27)(H,25,26). The molecule has 0 radical (unpaired) electrons. The Morgan fingerprint density at radius 2 is 1.86 bits per heavy atom. The molecule has 0 bridgehead atoms. The summed E-state index contributed by atoms with van der Waals surface area (Å²) in [5, 5.41) is 8.66. The molecule has 0 saturated heterocycles. The van der Waals surface area contributed by atoms with Crippen molar-refractivity contribution in [1.29, 1.82) is 0 Å². The highest BCUT2D eigenvalue weighted by Crippen LogP contribution is 2.24. The highest BCUT2D eigenvalue weighted by Gasteiger charge is 2.09. The molecule has 0 heterocycles. The smallest absolute Gasteiger partial charge is 0.251 e. The Morgan fingerprint density at radius 3 is 2.62 bits per heavy atom. The van der Waals surface area contributed by atoms with Crippen molar-refractivity contribution < 1.29 is 19.1 Å². The maximum absolute atomic E-state index is 12.3. The van der Waals surface area contributed by atoms with Crippen LogP contribution >= 0.6 is 0 Å². The molecular formula is C22H29N3O4. The summed E-state index contributed by atoms with van der Waals surface area (Å²) in [7, 11) is 1.58. The van der Waals surface area contributed by atoms with E-state index in [2.05, 4.69) is 29.8 Å². The van der Waals surface area contributed by atoms with Crippen molar-refractivity contribution in [3.05, 3.63) is 54.1 Å². The molecule has 2 aromatic carbocycles. The molecule has 0 saturated carbocycles. The minimum atomic E-state index is -0.208. The van der Waals surface area contributed by atoms with Gasteiger partial charge in [0, 0.05) is 24.9 Å². The summed E-state index contributed by atoms with van der Waals surface area (Å²) in [6.45, 7) is 5.66. The summed E-state index contributed by atoms with van der Waals surface area (Å²) in [6.07, 6.45) is 0. The van der Waals surface area contributed by atoms with Gasteiger partial charge >= 0.3 is 0 Å². The Bertz CT molecular complexity index is 808. The Kier molecular flexibility index (Phi) is 8.98. The second kappa shape index (κ2) is 11.7. The van der Waals surface area contributed by atoms with Crippen molar-refractivity contribution in [2.75, 3.05) is 44.0 Å². The summed E-state index contributed by atoms with van der Waals surface area (Å²) >= 11 is 0. The van der Waals surface area contributed by atoms with Gasteiger partial charge in [0.05, 0.1) is 25.4 Å². The molecule has 0 spiro atoms. The van der Waals surface area contributed by atoms with Gasteiger partial charge in [0.2, 0.25) is 5.91 Å². The van der Waals surface area contributed by atoms with E-state index in [-0.39, 0.29) is 18.4 Å². The number of para-hydroxylation sites is 2. The number of hydrogen-bond acceptors (Lipinski definition) is 5. The second-order valence-electron chi connectivity index (χ2n) is 6.93. The minimum Gasteiger partial charge on any atom is -0.491 e. The van der Waals surface area contributed by atoms with E-state index in [1.54, 1.807) is 37.4 Å². The number of carbonyl (C=O) groups excluding carboxylic acids is 2. The first-order chi connectivity index (χ1) is 14.0. The van der Waals surface area contributed by atoms with Crippen molar-refractivity contribution in [3.63, 3.8) is 0 Å². The lowest BCUT2D eigenvalue weighted by molar-refractivity contribution is -0.114. The fourth-order valence-corrected chi connectivity index (χ4v) is 2.47. The molecule has 29 heavy (non-hydrogen) atoms. The number of anilines is 2. The Labute approximate surface area is 171 Å². The van der Waals surface area contributed by atoms with Gasteiger partial charge in [-0.3, -0.25) is 9.59 Å². The van der Waals surface area contributed by atoms with Gasteiger partial charge in [-0.25, -0.2) is 0 Å². The molecular weight excluding hydrogens is 370 g/mol. The topological polar surface area (TPSA) is 88.7 Å². The fraction of sp³-hybridized carbons (Fsp3) is 0.364. The van der Waals surface area contributed by atoms with Crippen LogP contribution in [-0.2, 0) is 9.53 Å². The monoisotopic (exact) mass is 399 g/mol. The molecule has 2 amide bonds. The molecule has 0 aliphatic carbocycles. The lowest BCUT2D eigenvalue weighted by atomic mass is 10.2. The van der Waals surface area contributed by atoms with Gasteiger partial charge in [-0.2, -0.15) is 0 Å². The van der Waals surface area contributed by atoms with Gasteiger partial charge in [-0.05, 0) is 36.2 Å². The minimum absolute atomic E-state index is 0.0628. The Hall–Kier alpha value is -3.06. The van der Waals surface area contributed by atoms with Crippen molar-refractivity contribution >= 4 is 23.2 Å². The molecule has 0 aliphatic heterocycles. The van der Waals surface area contributed by atoms with E-state index in [0.717, 1.165) is 0 Å². The molecule has 0 unspecified atom stereocenters. The van der Waals surface area contributed by atoms with Gasteiger partial charge in [0.1, 0.15) is 5.75 Å². The Morgan fingerprint density at radius 1 is 1.07 bits per heavy atom. The van der Waals surface area contributed by atoms with E-state index in [4.69, 9.17) is 9.47 Å². The molecule has 2 aromatic rings. The zero-order valence-electron chi connectivity index (χ0n) is 17.2. The predicted octanol–water partition coefficient (Wildman–Crippen LogP) is 3.15. The van der Waals surface area contributed by atoms with Gasteiger partial charge < -0.3 is 25.4 Å². The van der Waals surface area contributed by atoms with Gasteiger partial charge in [0.25, 0.3) is 5.91 Å². The highest BCUT2D eigenvalue weighted by atomic mass is 16.5. The number of benzene rings is 2. The average molecular weight is 399 g/mol. The third-order valence-corrected chi connectivity index (χ3v) is 3.90. The van der Waals surface area contributed by atoms with E-state index in [1.165, 1.54) is 0 Å². The maximum atomic E-state index is 12.3. The number of rotatable bonds is 11. The van der Waals surface area contributed by atoms with Crippen molar-refractivity contribution in [3.8, 4) is 5.75 Å². The zero-order chi connectivity index (χ0) is 21.1. The highest BCUT2D eigenvalue weighted by molar-refractivity contribution is 5.96. The molecule has 0 atom stereocenters. The summed E-state index contributed by atoms with van der Waals surface area (Å²) < 4.78 is 10.7. The van der Waals surface area contributed by atoms with Crippen LogP contribution in [0.3, 0.4) is 0 Å². The molecule has 0 fully saturated rings. The molecule has 156 valence electrons. The van der Waals surface area contributed by atoms with Gasteiger partial charge in [-0.15, -0.1) is 0 Å². The van der Waals surface area contributed by atoms with Gasteiger partial charge in [-0.1, -0.05) is 32.0 Å². The largest absolute Gasteiger partial charge is 0.491 e. The third kappa shape index (κ3) is 7.83.